The second-order valence-electron chi connectivity index (χ2n) is 7.89. The second-order valence-corrected chi connectivity index (χ2v) is 8.45. The van der Waals surface area contributed by atoms with Gasteiger partial charge in [-0.05, 0) is 31.1 Å². The Kier molecular flexibility index (Phi) is 24.3. The first-order valence-electron chi connectivity index (χ1n) is 12.1. The molecule has 0 atom stereocenters. The molecule has 29 heavy (non-hydrogen) atoms. The molecule has 0 radical (unpaired) electrons. The molecule has 0 saturated heterocycles. The molecule has 0 spiro atoms. The van der Waals surface area contributed by atoms with Crippen LogP contribution in [0.15, 0.2) is 0 Å². The van der Waals surface area contributed by atoms with Crippen LogP contribution in [0, 0.1) is 23.7 Å². The molecular formula is C26H44BrNO. The van der Waals surface area contributed by atoms with Crippen molar-refractivity contribution in [3.05, 3.63) is 0 Å². The maximum Gasteiger partial charge on any atom is 0.230 e. The van der Waals surface area contributed by atoms with Crippen molar-refractivity contribution in [2.24, 2.45) is 0 Å². The molecule has 0 rings (SSSR count). The fourth-order valence-electron chi connectivity index (χ4n) is 3.23. The molecule has 3 heteroatoms. The van der Waals surface area contributed by atoms with Gasteiger partial charge in [0.05, 0.1) is 5.33 Å². The second kappa shape index (κ2) is 25.1. The minimum atomic E-state index is 0.0789. The molecule has 0 aromatic carbocycles. The predicted molar refractivity (Wildman–Crippen MR) is 131 cm³/mol. The molecule has 0 aliphatic heterocycles. The van der Waals surface area contributed by atoms with Gasteiger partial charge in [0.1, 0.15) is 0 Å². The van der Waals surface area contributed by atoms with Crippen LogP contribution in [0.3, 0.4) is 0 Å². The Morgan fingerprint density at radius 2 is 1.07 bits per heavy atom. The van der Waals surface area contributed by atoms with Crippen molar-refractivity contribution in [3.63, 3.8) is 0 Å². The van der Waals surface area contributed by atoms with Crippen molar-refractivity contribution >= 4 is 21.8 Å². The minimum Gasteiger partial charge on any atom is -0.355 e. The lowest BCUT2D eigenvalue weighted by atomic mass is 10.1. The molecule has 0 heterocycles. The minimum absolute atomic E-state index is 0.0789. The van der Waals surface area contributed by atoms with Gasteiger partial charge in [-0.15, -0.1) is 0 Å². The van der Waals surface area contributed by atoms with E-state index in [4.69, 9.17) is 0 Å². The molecule has 1 amide bonds. The predicted octanol–water partition coefficient (Wildman–Crippen LogP) is 7.55. The van der Waals surface area contributed by atoms with E-state index in [1.807, 2.05) is 0 Å². The lowest BCUT2D eigenvalue weighted by molar-refractivity contribution is -0.118. The summed E-state index contributed by atoms with van der Waals surface area (Å²) in [6, 6.07) is 0. The molecular weight excluding hydrogens is 422 g/mol. The van der Waals surface area contributed by atoms with Crippen LogP contribution in [-0.4, -0.2) is 17.8 Å². The van der Waals surface area contributed by atoms with E-state index in [-0.39, 0.29) is 5.91 Å². The molecule has 0 aliphatic rings. The number of carbonyl (C=O) groups excluding carboxylic acids is 1. The summed E-state index contributed by atoms with van der Waals surface area (Å²) >= 11 is 3.15. The summed E-state index contributed by atoms with van der Waals surface area (Å²) in [5, 5.41) is 3.28. The fourth-order valence-corrected chi connectivity index (χ4v) is 3.43. The van der Waals surface area contributed by atoms with Crippen molar-refractivity contribution in [1.29, 1.82) is 0 Å². The number of halogens is 1. The largest absolute Gasteiger partial charge is 0.355 e. The number of hydrogen-bond donors (Lipinski definition) is 1. The quantitative estimate of drug-likeness (QED) is 0.119. The van der Waals surface area contributed by atoms with Crippen LogP contribution in [0.5, 0.6) is 0 Å². The Bertz CT molecular complexity index is 480. The first-order valence-corrected chi connectivity index (χ1v) is 13.2. The molecule has 0 unspecified atom stereocenters. The van der Waals surface area contributed by atoms with Crippen LogP contribution in [0.2, 0.25) is 0 Å². The Hall–Kier alpha value is -0.930. The Labute approximate surface area is 189 Å². The number of hydrogen-bond acceptors (Lipinski definition) is 1. The molecule has 0 saturated carbocycles. The van der Waals surface area contributed by atoms with Crippen molar-refractivity contribution in [1.82, 2.24) is 5.32 Å². The summed E-state index contributed by atoms with van der Waals surface area (Å²) in [5.41, 5.74) is 0. The van der Waals surface area contributed by atoms with Gasteiger partial charge in [0.25, 0.3) is 0 Å². The average Bonchev–Trinajstić information content (AvgIpc) is 2.74. The van der Waals surface area contributed by atoms with Crippen LogP contribution in [-0.2, 0) is 4.79 Å². The van der Waals surface area contributed by atoms with E-state index in [1.54, 1.807) is 0 Å². The van der Waals surface area contributed by atoms with Crippen LogP contribution >= 0.6 is 15.9 Å². The number of nitrogens with one attached hydrogen (secondary N) is 1. The maximum absolute atomic E-state index is 11.0. The van der Waals surface area contributed by atoms with E-state index < -0.39 is 0 Å². The highest BCUT2D eigenvalue weighted by atomic mass is 79.9. The van der Waals surface area contributed by atoms with Gasteiger partial charge in [-0.25, -0.2) is 0 Å². The van der Waals surface area contributed by atoms with E-state index in [9.17, 15) is 4.79 Å². The third-order valence-corrected chi connectivity index (χ3v) is 5.58. The van der Waals surface area contributed by atoms with E-state index in [0.29, 0.717) is 5.33 Å². The zero-order chi connectivity index (χ0) is 21.3. The number of amides is 1. The van der Waals surface area contributed by atoms with Crippen LogP contribution < -0.4 is 5.32 Å². The molecule has 0 bridgehead atoms. The molecule has 2 nitrogen and oxygen atoms in total. The highest BCUT2D eigenvalue weighted by molar-refractivity contribution is 9.09. The Morgan fingerprint density at radius 3 is 1.52 bits per heavy atom. The van der Waals surface area contributed by atoms with Gasteiger partial charge >= 0.3 is 0 Å². The molecule has 0 aliphatic carbocycles. The highest BCUT2D eigenvalue weighted by Crippen LogP contribution is 2.11. The van der Waals surface area contributed by atoms with Crippen LogP contribution in [0.1, 0.15) is 122 Å². The van der Waals surface area contributed by atoms with Crippen LogP contribution in [0.4, 0.5) is 0 Å². The SMILES string of the molecule is CCCCCCCCCCCCC#CC#CCCCCCCCCNC(=O)CBr. The maximum atomic E-state index is 11.0. The van der Waals surface area contributed by atoms with E-state index >= 15 is 0 Å². The normalized spacial score (nSPS) is 10.0. The van der Waals surface area contributed by atoms with E-state index in [2.05, 4.69) is 51.9 Å². The molecule has 0 fully saturated rings. The Morgan fingerprint density at radius 1 is 0.655 bits per heavy atom. The molecule has 166 valence electrons. The van der Waals surface area contributed by atoms with Crippen LogP contribution in [0.25, 0.3) is 0 Å². The summed E-state index contributed by atoms with van der Waals surface area (Å²) in [4.78, 5) is 11.0. The van der Waals surface area contributed by atoms with Gasteiger partial charge < -0.3 is 5.32 Å². The molecule has 0 aromatic heterocycles. The number of unbranched alkanes of at least 4 members (excludes halogenated alkanes) is 16. The zero-order valence-electron chi connectivity index (χ0n) is 18.9. The topological polar surface area (TPSA) is 29.1 Å². The summed E-state index contributed by atoms with van der Waals surface area (Å²) in [6.07, 6.45) is 22.9. The third kappa shape index (κ3) is 25.0. The van der Waals surface area contributed by atoms with E-state index in [1.165, 1.54) is 96.3 Å². The van der Waals surface area contributed by atoms with Gasteiger partial charge in [0.2, 0.25) is 5.91 Å². The number of rotatable bonds is 19. The van der Waals surface area contributed by atoms with Crippen molar-refractivity contribution in [2.45, 2.75) is 122 Å². The average molecular weight is 467 g/mol. The molecule has 0 aromatic rings. The van der Waals surface area contributed by atoms with E-state index in [0.717, 1.165) is 25.8 Å². The number of alkyl halides is 1. The summed E-state index contributed by atoms with van der Waals surface area (Å²) < 4.78 is 0. The van der Waals surface area contributed by atoms with Gasteiger partial charge in [-0.2, -0.15) is 0 Å². The lowest BCUT2D eigenvalue weighted by Crippen LogP contribution is -2.25. The molecule has 1 N–H and O–H groups in total. The number of carbonyl (C=O) groups is 1. The third-order valence-electron chi connectivity index (χ3n) is 5.07. The highest BCUT2D eigenvalue weighted by Gasteiger charge is 1.96. The van der Waals surface area contributed by atoms with Crippen molar-refractivity contribution < 1.29 is 4.79 Å². The summed E-state index contributed by atoms with van der Waals surface area (Å²) in [7, 11) is 0. The van der Waals surface area contributed by atoms with Gasteiger partial charge in [0.15, 0.2) is 0 Å². The fraction of sp³-hybridized carbons (Fsp3) is 0.808. The standard InChI is InChI=1S/C26H44BrNO/c1-2-3-4-5-6-7-8-9-10-11-12-13-14-15-16-17-18-19-20-21-22-23-24-28-26(29)25-27/h2-12,17-25H2,1H3,(H,28,29). The van der Waals surface area contributed by atoms with Crippen molar-refractivity contribution in [3.8, 4) is 23.7 Å². The summed E-state index contributed by atoms with van der Waals surface area (Å²) in [6.45, 7) is 3.07. The van der Waals surface area contributed by atoms with Crippen molar-refractivity contribution in [2.75, 3.05) is 11.9 Å². The smallest absolute Gasteiger partial charge is 0.230 e. The monoisotopic (exact) mass is 465 g/mol. The van der Waals surface area contributed by atoms with Gasteiger partial charge in [-0.3, -0.25) is 4.79 Å². The lowest BCUT2D eigenvalue weighted by Gasteiger charge is -2.02. The summed E-state index contributed by atoms with van der Waals surface area (Å²) in [5.74, 6) is 12.5. The Balaban J connectivity index is 3.26. The zero-order valence-corrected chi connectivity index (χ0v) is 20.5. The first kappa shape index (κ1) is 28.1. The van der Waals surface area contributed by atoms with Gasteiger partial charge in [0, 0.05) is 19.4 Å². The van der Waals surface area contributed by atoms with Gasteiger partial charge in [-0.1, -0.05) is 118 Å². The first-order chi connectivity index (χ1) is 14.3.